The van der Waals surface area contributed by atoms with Crippen LogP contribution in [-0.2, 0) is 6.61 Å². The van der Waals surface area contributed by atoms with Crippen LogP contribution in [0.3, 0.4) is 0 Å². The minimum absolute atomic E-state index is 0.0971. The molecule has 3 N–H and O–H groups in total. The van der Waals surface area contributed by atoms with E-state index in [4.69, 9.17) is 5.11 Å². The lowest BCUT2D eigenvalue weighted by atomic mass is 10.2. The van der Waals surface area contributed by atoms with Gasteiger partial charge >= 0.3 is 0 Å². The lowest BCUT2D eigenvalue weighted by Gasteiger charge is -2.03. The Kier molecular flexibility index (Phi) is 6.96. The van der Waals surface area contributed by atoms with Gasteiger partial charge in [-0.15, -0.1) is 0 Å². The van der Waals surface area contributed by atoms with Gasteiger partial charge in [0.05, 0.1) is 6.61 Å². The van der Waals surface area contributed by atoms with E-state index >= 15 is 0 Å². The number of benzene rings is 1. The predicted molar refractivity (Wildman–Crippen MR) is 56.4 cm³/mol. The highest BCUT2D eigenvalue weighted by molar-refractivity contribution is 5.43. The largest absolute Gasteiger partial charge is 0.392 e. The number of aliphatic hydroxyl groups excluding tert-OH is 1. The second-order valence-corrected chi connectivity index (χ2v) is 2.23. The van der Waals surface area contributed by atoms with Gasteiger partial charge in [-0.05, 0) is 17.7 Å². The average Bonchev–Trinajstić information content (AvgIpc) is 2.23. The number of nitrogens with one attached hydrogen (secondary N) is 2. The number of aliphatic hydroxyl groups is 1. The minimum Gasteiger partial charge on any atom is -0.392 e. The quantitative estimate of drug-likeness (QED) is 0.624. The van der Waals surface area contributed by atoms with Crippen molar-refractivity contribution < 1.29 is 5.11 Å². The van der Waals surface area contributed by atoms with E-state index in [2.05, 4.69) is 10.9 Å². The Hall–Kier alpha value is -1.06. The van der Waals surface area contributed by atoms with Crippen LogP contribution in [0.4, 0.5) is 5.69 Å². The number of hydrazine groups is 1. The highest BCUT2D eigenvalue weighted by atomic mass is 16.3. The van der Waals surface area contributed by atoms with Gasteiger partial charge in [-0.3, -0.25) is 0 Å². The molecule has 1 aromatic rings. The zero-order valence-electron chi connectivity index (χ0n) is 8.46. The van der Waals surface area contributed by atoms with Gasteiger partial charge in [0.2, 0.25) is 0 Å². The molecule has 0 aliphatic heterocycles. The van der Waals surface area contributed by atoms with Crippen LogP contribution in [0.5, 0.6) is 0 Å². The Morgan fingerprint density at radius 1 is 1.15 bits per heavy atom. The molecule has 0 fully saturated rings. The van der Waals surface area contributed by atoms with Crippen LogP contribution < -0.4 is 10.9 Å². The zero-order chi connectivity index (χ0) is 10.1. The molecule has 1 aromatic carbocycles. The van der Waals surface area contributed by atoms with E-state index in [1.807, 2.05) is 38.1 Å². The van der Waals surface area contributed by atoms with Gasteiger partial charge in [0.15, 0.2) is 0 Å². The Morgan fingerprint density at radius 2 is 1.69 bits per heavy atom. The summed E-state index contributed by atoms with van der Waals surface area (Å²) in [5.41, 5.74) is 7.65. The lowest BCUT2D eigenvalue weighted by molar-refractivity contribution is 0.282. The summed E-state index contributed by atoms with van der Waals surface area (Å²) in [6.45, 7) is 4.10. The van der Waals surface area contributed by atoms with E-state index in [-0.39, 0.29) is 6.61 Å². The van der Waals surface area contributed by atoms with Crippen LogP contribution in [0, 0.1) is 0 Å². The van der Waals surface area contributed by atoms with Gasteiger partial charge in [0.25, 0.3) is 0 Å². The molecular weight excluding hydrogens is 164 g/mol. The van der Waals surface area contributed by atoms with Gasteiger partial charge in [0, 0.05) is 12.7 Å². The molecule has 3 heteroatoms. The third-order valence-corrected chi connectivity index (χ3v) is 1.41. The minimum atomic E-state index is 0.0971. The summed E-state index contributed by atoms with van der Waals surface area (Å²) in [7, 11) is 1.81. The first-order valence-corrected chi connectivity index (χ1v) is 4.49. The van der Waals surface area contributed by atoms with Crippen molar-refractivity contribution in [3.8, 4) is 0 Å². The van der Waals surface area contributed by atoms with Gasteiger partial charge in [-0.2, -0.15) is 0 Å². The normalized spacial score (nSPS) is 8.62. The molecule has 0 bridgehead atoms. The first kappa shape index (κ1) is 11.9. The van der Waals surface area contributed by atoms with E-state index in [1.54, 1.807) is 7.05 Å². The summed E-state index contributed by atoms with van der Waals surface area (Å²) in [5.74, 6) is 0. The number of hydrogen-bond donors (Lipinski definition) is 3. The zero-order valence-corrected chi connectivity index (χ0v) is 8.46. The average molecular weight is 182 g/mol. The van der Waals surface area contributed by atoms with Crippen molar-refractivity contribution in [1.29, 1.82) is 0 Å². The molecule has 0 spiro atoms. The van der Waals surface area contributed by atoms with Crippen LogP contribution in [-0.4, -0.2) is 12.2 Å². The van der Waals surface area contributed by atoms with Crippen molar-refractivity contribution in [1.82, 2.24) is 5.43 Å². The molecule has 0 aliphatic carbocycles. The maximum Gasteiger partial charge on any atom is 0.0681 e. The van der Waals surface area contributed by atoms with Crippen LogP contribution in [0.2, 0.25) is 0 Å². The van der Waals surface area contributed by atoms with Crippen LogP contribution in [0.25, 0.3) is 0 Å². The Morgan fingerprint density at radius 3 is 2.08 bits per heavy atom. The molecule has 1 rings (SSSR count). The van der Waals surface area contributed by atoms with E-state index < -0.39 is 0 Å². The maximum atomic E-state index is 8.72. The summed E-state index contributed by atoms with van der Waals surface area (Å²) in [6, 6.07) is 7.56. The first-order chi connectivity index (χ1) is 6.36. The molecule has 3 nitrogen and oxygen atoms in total. The van der Waals surface area contributed by atoms with Gasteiger partial charge < -0.3 is 10.5 Å². The molecule has 13 heavy (non-hydrogen) atoms. The number of rotatable bonds is 3. The molecule has 0 radical (unpaired) electrons. The van der Waals surface area contributed by atoms with E-state index in [0.717, 1.165) is 11.3 Å². The highest BCUT2D eigenvalue weighted by Crippen LogP contribution is 2.07. The second kappa shape index (κ2) is 7.58. The summed E-state index contributed by atoms with van der Waals surface area (Å²) in [5, 5.41) is 8.72. The Balaban J connectivity index is 0.000000671. The van der Waals surface area contributed by atoms with Gasteiger partial charge in [-0.25, -0.2) is 5.43 Å². The Labute approximate surface area is 79.8 Å². The number of hydrogen-bond acceptors (Lipinski definition) is 3. The van der Waals surface area contributed by atoms with E-state index in [1.165, 1.54) is 0 Å². The van der Waals surface area contributed by atoms with E-state index in [0.29, 0.717) is 0 Å². The molecular formula is C10H18N2O. The van der Waals surface area contributed by atoms with Crippen molar-refractivity contribution in [2.24, 2.45) is 0 Å². The van der Waals surface area contributed by atoms with E-state index in [9.17, 15) is 0 Å². The summed E-state index contributed by atoms with van der Waals surface area (Å²) < 4.78 is 0. The summed E-state index contributed by atoms with van der Waals surface area (Å²) in [6.07, 6.45) is 0. The second-order valence-electron chi connectivity index (χ2n) is 2.23. The van der Waals surface area contributed by atoms with Crippen LogP contribution in [0.15, 0.2) is 24.3 Å². The molecule has 0 heterocycles. The molecule has 0 aromatic heterocycles. The van der Waals surface area contributed by atoms with Crippen LogP contribution >= 0.6 is 0 Å². The van der Waals surface area contributed by atoms with Crippen molar-refractivity contribution in [2.75, 3.05) is 12.5 Å². The SMILES string of the molecule is CC.CNNc1ccc(CO)cc1. The van der Waals surface area contributed by atoms with Crippen molar-refractivity contribution >= 4 is 5.69 Å². The molecule has 74 valence electrons. The molecule has 0 saturated carbocycles. The fourth-order valence-electron chi connectivity index (χ4n) is 0.838. The molecule has 0 atom stereocenters. The smallest absolute Gasteiger partial charge is 0.0681 e. The summed E-state index contributed by atoms with van der Waals surface area (Å²) >= 11 is 0. The fourth-order valence-corrected chi connectivity index (χ4v) is 0.838. The highest BCUT2D eigenvalue weighted by Gasteiger charge is 1.89. The Bertz CT molecular complexity index is 209. The molecule has 0 aliphatic rings. The molecule has 0 unspecified atom stereocenters. The molecule has 0 amide bonds. The number of anilines is 1. The first-order valence-electron chi connectivity index (χ1n) is 4.49. The van der Waals surface area contributed by atoms with Crippen molar-refractivity contribution in [3.05, 3.63) is 29.8 Å². The van der Waals surface area contributed by atoms with Gasteiger partial charge in [0.1, 0.15) is 0 Å². The third kappa shape index (κ3) is 4.50. The lowest BCUT2D eigenvalue weighted by Crippen LogP contribution is -2.14. The van der Waals surface area contributed by atoms with Crippen molar-refractivity contribution in [2.45, 2.75) is 20.5 Å². The monoisotopic (exact) mass is 182 g/mol. The topological polar surface area (TPSA) is 44.3 Å². The standard InChI is InChI=1S/C8H12N2O.C2H6/c1-9-10-8-4-2-7(6-11)3-5-8;1-2/h2-5,9-11H,6H2,1H3;1-2H3. The maximum absolute atomic E-state index is 8.72. The summed E-state index contributed by atoms with van der Waals surface area (Å²) in [4.78, 5) is 0. The van der Waals surface area contributed by atoms with Gasteiger partial charge in [-0.1, -0.05) is 26.0 Å². The third-order valence-electron chi connectivity index (χ3n) is 1.41. The van der Waals surface area contributed by atoms with Crippen molar-refractivity contribution in [3.63, 3.8) is 0 Å². The predicted octanol–water partition coefficient (Wildman–Crippen LogP) is 1.75. The molecule has 0 saturated heterocycles. The fraction of sp³-hybridized carbons (Fsp3) is 0.400. The van der Waals surface area contributed by atoms with Crippen LogP contribution in [0.1, 0.15) is 19.4 Å².